The van der Waals surface area contributed by atoms with Crippen molar-refractivity contribution in [1.82, 2.24) is 4.31 Å². The van der Waals surface area contributed by atoms with Crippen molar-refractivity contribution in [1.29, 1.82) is 0 Å². The molecule has 3 aromatic rings. The zero-order chi connectivity index (χ0) is 27.5. The number of halogens is 2. The zero-order valence-corrected chi connectivity index (χ0v) is 23.7. The van der Waals surface area contributed by atoms with Gasteiger partial charge in [-0.2, -0.15) is 4.31 Å². The van der Waals surface area contributed by atoms with Gasteiger partial charge < -0.3 is 5.32 Å². The highest BCUT2D eigenvalue weighted by molar-refractivity contribution is 7.92. The summed E-state index contributed by atoms with van der Waals surface area (Å²) >= 11 is 12.2. The number of anilines is 2. The minimum Gasteiger partial charge on any atom is -0.325 e. The molecule has 1 heterocycles. The topological polar surface area (TPSA) is 104 Å². The number of sulfonamides is 2. The van der Waals surface area contributed by atoms with Crippen LogP contribution < -0.4 is 9.62 Å². The molecule has 0 bridgehead atoms. The van der Waals surface area contributed by atoms with Gasteiger partial charge >= 0.3 is 0 Å². The van der Waals surface area contributed by atoms with Crippen LogP contribution in [0.1, 0.15) is 24.8 Å². The van der Waals surface area contributed by atoms with E-state index in [0.717, 1.165) is 29.1 Å². The lowest BCUT2D eigenvalue weighted by atomic mass is 10.2. The third-order valence-corrected chi connectivity index (χ3v) is 10.6. The number of carbonyl (C=O) groups excluding carboxylic acids is 1. The Kier molecular flexibility index (Phi) is 8.68. The molecule has 1 amide bonds. The fraction of sp³-hybridized carbons (Fsp3) is 0.269. The molecule has 0 aliphatic carbocycles. The molecule has 8 nitrogen and oxygen atoms in total. The molecule has 3 aromatic carbocycles. The van der Waals surface area contributed by atoms with Gasteiger partial charge in [-0.1, -0.05) is 47.3 Å². The standard InChI is InChI=1S/C26H27Cl2N3O5S2/c1-19-5-10-23(11-6-19)38(35,36)31(21-9-14-24(27)25(28)17-21)18-26(32)29-20-7-12-22(13-8-20)37(33,34)30-15-3-2-4-16-30/h5-14,17H,2-4,15-16,18H2,1H3,(H,29,32). The summed E-state index contributed by atoms with van der Waals surface area (Å²) in [6, 6.07) is 16.4. The van der Waals surface area contributed by atoms with Crippen LogP contribution >= 0.6 is 23.2 Å². The molecule has 0 aromatic heterocycles. The Morgan fingerprint density at radius 3 is 2.05 bits per heavy atom. The van der Waals surface area contributed by atoms with Crippen molar-refractivity contribution in [3.63, 3.8) is 0 Å². The highest BCUT2D eigenvalue weighted by atomic mass is 35.5. The van der Waals surface area contributed by atoms with Crippen LogP contribution in [0.4, 0.5) is 11.4 Å². The van der Waals surface area contributed by atoms with Gasteiger partial charge in [0.2, 0.25) is 15.9 Å². The summed E-state index contributed by atoms with van der Waals surface area (Å²) in [7, 11) is -7.75. The van der Waals surface area contributed by atoms with E-state index in [1.54, 1.807) is 12.1 Å². The van der Waals surface area contributed by atoms with E-state index in [1.165, 1.54) is 58.9 Å². The van der Waals surface area contributed by atoms with Crippen molar-refractivity contribution in [3.05, 3.63) is 82.3 Å². The Morgan fingerprint density at radius 1 is 0.842 bits per heavy atom. The zero-order valence-electron chi connectivity index (χ0n) is 20.6. The summed E-state index contributed by atoms with van der Waals surface area (Å²) in [5.74, 6) is -0.626. The fourth-order valence-electron chi connectivity index (χ4n) is 4.09. The number of nitrogens with one attached hydrogen (secondary N) is 1. The summed E-state index contributed by atoms with van der Waals surface area (Å²) < 4.78 is 55.3. The summed E-state index contributed by atoms with van der Waals surface area (Å²) in [6.07, 6.45) is 2.66. The molecular formula is C26H27Cl2N3O5S2. The van der Waals surface area contributed by atoms with Crippen molar-refractivity contribution in [2.24, 2.45) is 0 Å². The first-order valence-corrected chi connectivity index (χ1v) is 15.6. The van der Waals surface area contributed by atoms with Crippen LogP contribution in [-0.4, -0.2) is 46.7 Å². The van der Waals surface area contributed by atoms with Gasteiger partial charge in [0.15, 0.2) is 0 Å². The number of hydrogen-bond donors (Lipinski definition) is 1. The third-order valence-electron chi connectivity index (χ3n) is 6.18. The summed E-state index contributed by atoms with van der Waals surface area (Å²) in [6.45, 7) is 2.26. The predicted molar refractivity (Wildman–Crippen MR) is 150 cm³/mol. The van der Waals surface area contributed by atoms with Gasteiger partial charge in [-0.15, -0.1) is 0 Å². The van der Waals surface area contributed by atoms with Gasteiger partial charge in [0.1, 0.15) is 6.54 Å². The molecule has 1 aliphatic rings. The molecule has 202 valence electrons. The van der Waals surface area contributed by atoms with Crippen LogP contribution in [0.2, 0.25) is 10.0 Å². The van der Waals surface area contributed by atoms with E-state index in [-0.39, 0.29) is 25.5 Å². The van der Waals surface area contributed by atoms with Crippen molar-refractivity contribution in [2.75, 3.05) is 29.3 Å². The SMILES string of the molecule is Cc1ccc(S(=O)(=O)N(CC(=O)Nc2ccc(S(=O)(=O)N3CCCCC3)cc2)c2ccc(Cl)c(Cl)c2)cc1. The second kappa shape index (κ2) is 11.6. The summed E-state index contributed by atoms with van der Waals surface area (Å²) in [5.41, 5.74) is 1.38. The van der Waals surface area contributed by atoms with Gasteiger partial charge in [0, 0.05) is 18.8 Å². The van der Waals surface area contributed by atoms with E-state index < -0.39 is 32.5 Å². The van der Waals surface area contributed by atoms with Crippen molar-refractivity contribution in [3.8, 4) is 0 Å². The molecule has 4 rings (SSSR count). The number of amides is 1. The van der Waals surface area contributed by atoms with E-state index in [4.69, 9.17) is 23.2 Å². The average molecular weight is 597 g/mol. The van der Waals surface area contributed by atoms with E-state index in [2.05, 4.69) is 5.32 Å². The smallest absolute Gasteiger partial charge is 0.264 e. The maximum atomic E-state index is 13.5. The van der Waals surface area contributed by atoms with E-state index in [9.17, 15) is 21.6 Å². The van der Waals surface area contributed by atoms with Gasteiger partial charge in [0.25, 0.3) is 10.0 Å². The highest BCUT2D eigenvalue weighted by Crippen LogP contribution is 2.31. The maximum absolute atomic E-state index is 13.5. The van der Waals surface area contributed by atoms with Gasteiger partial charge in [-0.3, -0.25) is 9.10 Å². The lowest BCUT2D eigenvalue weighted by Crippen LogP contribution is -2.38. The van der Waals surface area contributed by atoms with Crippen molar-refractivity contribution in [2.45, 2.75) is 36.0 Å². The number of aryl methyl sites for hydroxylation is 1. The van der Waals surface area contributed by atoms with Crippen LogP contribution in [0.25, 0.3) is 0 Å². The number of piperidine rings is 1. The molecular weight excluding hydrogens is 569 g/mol. The largest absolute Gasteiger partial charge is 0.325 e. The molecule has 1 saturated heterocycles. The number of hydrogen-bond acceptors (Lipinski definition) is 5. The first kappa shape index (κ1) is 28.4. The molecule has 0 saturated carbocycles. The molecule has 0 unspecified atom stereocenters. The molecule has 1 aliphatic heterocycles. The average Bonchev–Trinajstić information content (AvgIpc) is 2.90. The van der Waals surface area contributed by atoms with Crippen LogP contribution in [0.15, 0.2) is 76.5 Å². The van der Waals surface area contributed by atoms with Crippen LogP contribution in [0.5, 0.6) is 0 Å². The predicted octanol–water partition coefficient (Wildman–Crippen LogP) is 5.31. The third kappa shape index (κ3) is 6.32. The quantitative estimate of drug-likeness (QED) is 0.380. The number of benzene rings is 3. The first-order chi connectivity index (χ1) is 18.0. The molecule has 0 radical (unpaired) electrons. The minimum atomic E-state index is -4.14. The second-order valence-corrected chi connectivity index (χ2v) is 13.6. The van der Waals surface area contributed by atoms with Crippen molar-refractivity contribution < 1.29 is 21.6 Å². The van der Waals surface area contributed by atoms with Gasteiger partial charge in [0.05, 0.1) is 25.5 Å². The van der Waals surface area contributed by atoms with E-state index in [1.807, 2.05) is 6.92 Å². The summed E-state index contributed by atoms with van der Waals surface area (Å²) in [5, 5.41) is 3.03. The summed E-state index contributed by atoms with van der Waals surface area (Å²) in [4.78, 5) is 13.2. The lowest BCUT2D eigenvalue weighted by molar-refractivity contribution is -0.114. The fourth-order valence-corrected chi connectivity index (χ4v) is 7.31. The van der Waals surface area contributed by atoms with E-state index in [0.29, 0.717) is 18.8 Å². The maximum Gasteiger partial charge on any atom is 0.264 e. The molecule has 1 fully saturated rings. The van der Waals surface area contributed by atoms with Crippen LogP contribution in [-0.2, 0) is 24.8 Å². The van der Waals surface area contributed by atoms with Gasteiger partial charge in [-0.05, 0) is 74.4 Å². The molecule has 0 atom stereocenters. The Labute approximate surface area is 233 Å². The molecule has 1 N–H and O–H groups in total. The Bertz CT molecular complexity index is 1520. The highest BCUT2D eigenvalue weighted by Gasteiger charge is 2.28. The van der Waals surface area contributed by atoms with E-state index >= 15 is 0 Å². The molecule has 12 heteroatoms. The first-order valence-electron chi connectivity index (χ1n) is 11.9. The molecule has 0 spiro atoms. The normalized spacial score (nSPS) is 14.7. The number of carbonyl (C=O) groups is 1. The Hall–Kier alpha value is -2.63. The monoisotopic (exact) mass is 595 g/mol. The minimum absolute atomic E-state index is 0.00856. The lowest BCUT2D eigenvalue weighted by Gasteiger charge is -2.26. The Morgan fingerprint density at radius 2 is 1.45 bits per heavy atom. The number of rotatable bonds is 8. The van der Waals surface area contributed by atoms with Crippen LogP contribution in [0, 0.1) is 6.92 Å². The Balaban J connectivity index is 1.56. The molecule has 38 heavy (non-hydrogen) atoms. The number of nitrogens with zero attached hydrogens (tertiary/aromatic N) is 2. The van der Waals surface area contributed by atoms with Gasteiger partial charge in [-0.25, -0.2) is 16.8 Å². The van der Waals surface area contributed by atoms with Crippen LogP contribution in [0.3, 0.4) is 0 Å². The van der Waals surface area contributed by atoms with Crippen molar-refractivity contribution >= 4 is 60.5 Å². The second-order valence-electron chi connectivity index (χ2n) is 8.96.